The Morgan fingerprint density at radius 2 is 2.25 bits per heavy atom. The minimum absolute atomic E-state index is 0.204. The molecule has 0 fully saturated rings. The number of nitrogens with two attached hydrogens (primary N) is 1. The quantitative estimate of drug-likeness (QED) is 0.265. The van der Waals surface area contributed by atoms with Gasteiger partial charge in [-0.2, -0.15) is 5.06 Å². The van der Waals surface area contributed by atoms with Gasteiger partial charge in [0.25, 0.3) is 0 Å². The zero-order valence-corrected chi connectivity index (χ0v) is 5.10. The summed E-state index contributed by atoms with van der Waals surface area (Å²) in [7, 11) is 0. The highest BCUT2D eigenvalue weighted by molar-refractivity contribution is 7.80. The molecule has 0 aromatic carbocycles. The van der Waals surface area contributed by atoms with E-state index in [0.717, 1.165) is 6.92 Å². The lowest BCUT2D eigenvalue weighted by molar-refractivity contribution is -0.146. The molecule has 5 heteroatoms. The van der Waals surface area contributed by atoms with Crippen molar-refractivity contribution in [2.75, 3.05) is 0 Å². The summed E-state index contributed by atoms with van der Waals surface area (Å²) < 4.78 is 0. The summed E-state index contributed by atoms with van der Waals surface area (Å²) in [6, 6.07) is 0. The van der Waals surface area contributed by atoms with Crippen LogP contribution >= 0.6 is 12.2 Å². The molecular weight excluding hydrogens is 128 g/mol. The number of amides is 1. The van der Waals surface area contributed by atoms with Crippen LogP contribution in [0.15, 0.2) is 0 Å². The van der Waals surface area contributed by atoms with Gasteiger partial charge in [-0.15, -0.1) is 0 Å². The molecule has 4 nitrogen and oxygen atoms in total. The fourth-order valence-corrected chi connectivity index (χ4v) is 0.284. The monoisotopic (exact) mass is 134 g/mol. The van der Waals surface area contributed by atoms with Crippen LogP contribution in [0, 0.1) is 0 Å². The highest BCUT2D eigenvalue weighted by atomic mass is 32.1. The van der Waals surface area contributed by atoms with Crippen LogP contribution in [0.5, 0.6) is 0 Å². The van der Waals surface area contributed by atoms with Crippen LogP contribution in [0.1, 0.15) is 6.92 Å². The minimum atomic E-state index is -0.586. The first-order valence-electron chi connectivity index (χ1n) is 1.84. The SMILES string of the molecule is CC(=O)N(O)C(N)=S. The summed E-state index contributed by atoms with van der Waals surface area (Å²) in [5.41, 5.74) is 4.82. The van der Waals surface area contributed by atoms with E-state index in [0.29, 0.717) is 0 Å². The third-order valence-electron chi connectivity index (χ3n) is 0.507. The molecule has 0 atom stereocenters. The molecule has 0 unspecified atom stereocenters. The number of nitrogens with zero attached hydrogens (tertiary/aromatic N) is 1. The van der Waals surface area contributed by atoms with E-state index in [1.807, 2.05) is 0 Å². The maximum atomic E-state index is 10.1. The summed E-state index contributed by atoms with van der Waals surface area (Å²) in [4.78, 5) is 10.1. The minimum Gasteiger partial charge on any atom is -0.374 e. The number of hydrogen-bond donors (Lipinski definition) is 2. The Hall–Kier alpha value is -0.680. The van der Waals surface area contributed by atoms with Gasteiger partial charge in [0.2, 0.25) is 5.91 Å². The maximum Gasteiger partial charge on any atom is 0.249 e. The predicted octanol–water partition coefficient (Wildman–Crippen LogP) is -0.532. The van der Waals surface area contributed by atoms with Crippen LogP contribution in [0.2, 0.25) is 0 Å². The molecule has 1 amide bonds. The summed E-state index contributed by atoms with van der Waals surface area (Å²) in [6.07, 6.45) is 0. The first-order valence-corrected chi connectivity index (χ1v) is 2.25. The van der Waals surface area contributed by atoms with E-state index in [1.165, 1.54) is 0 Å². The number of carbonyl (C=O) groups excluding carboxylic acids is 1. The van der Waals surface area contributed by atoms with E-state index in [2.05, 4.69) is 12.2 Å². The summed E-state index contributed by atoms with van der Waals surface area (Å²) in [6.45, 7) is 1.15. The second-order valence-corrected chi connectivity index (χ2v) is 1.59. The number of hydroxylamine groups is 2. The van der Waals surface area contributed by atoms with Gasteiger partial charge >= 0.3 is 0 Å². The molecule has 0 aliphatic heterocycles. The molecule has 0 aromatic heterocycles. The van der Waals surface area contributed by atoms with Crippen molar-refractivity contribution in [1.29, 1.82) is 0 Å². The molecule has 0 aliphatic carbocycles. The second kappa shape index (κ2) is 2.58. The lowest BCUT2D eigenvalue weighted by Gasteiger charge is -2.07. The average Bonchev–Trinajstić information content (AvgIpc) is 1.64. The van der Waals surface area contributed by atoms with Crippen LogP contribution in [0.25, 0.3) is 0 Å². The van der Waals surface area contributed by atoms with Crippen LogP contribution in [0.3, 0.4) is 0 Å². The van der Waals surface area contributed by atoms with Gasteiger partial charge in [-0.1, -0.05) is 0 Å². The van der Waals surface area contributed by atoms with E-state index < -0.39 is 5.91 Å². The van der Waals surface area contributed by atoms with Crippen molar-refractivity contribution in [2.45, 2.75) is 6.92 Å². The van der Waals surface area contributed by atoms with Crippen LogP contribution in [0.4, 0.5) is 0 Å². The summed E-state index contributed by atoms with van der Waals surface area (Å²) in [5.74, 6) is -0.586. The molecule has 0 aliphatic rings. The molecule has 0 saturated carbocycles. The zero-order valence-electron chi connectivity index (χ0n) is 4.29. The largest absolute Gasteiger partial charge is 0.374 e. The Bertz CT molecular complexity index is 110. The lowest BCUT2D eigenvalue weighted by atomic mass is 10.7. The van der Waals surface area contributed by atoms with Crippen molar-refractivity contribution < 1.29 is 10.0 Å². The molecule has 0 rings (SSSR count). The second-order valence-electron chi connectivity index (χ2n) is 1.17. The van der Waals surface area contributed by atoms with E-state index >= 15 is 0 Å². The van der Waals surface area contributed by atoms with Gasteiger partial charge in [0.1, 0.15) is 0 Å². The summed E-state index contributed by atoms with van der Waals surface area (Å²) >= 11 is 4.23. The molecule has 0 heterocycles. The smallest absolute Gasteiger partial charge is 0.249 e. The molecule has 0 spiro atoms. The Morgan fingerprint density at radius 3 is 2.25 bits per heavy atom. The van der Waals surface area contributed by atoms with Crippen molar-refractivity contribution >= 4 is 23.2 Å². The Morgan fingerprint density at radius 1 is 1.88 bits per heavy atom. The van der Waals surface area contributed by atoms with Crippen molar-refractivity contribution in [3.63, 3.8) is 0 Å². The van der Waals surface area contributed by atoms with Gasteiger partial charge in [0, 0.05) is 6.92 Å². The third-order valence-corrected chi connectivity index (χ3v) is 0.680. The first-order chi connectivity index (χ1) is 3.55. The van der Waals surface area contributed by atoms with Crippen molar-refractivity contribution in [1.82, 2.24) is 5.06 Å². The van der Waals surface area contributed by atoms with Gasteiger partial charge in [0.05, 0.1) is 0 Å². The first kappa shape index (κ1) is 7.32. The highest BCUT2D eigenvalue weighted by Crippen LogP contribution is 1.79. The number of rotatable bonds is 0. The zero-order chi connectivity index (χ0) is 6.73. The van der Waals surface area contributed by atoms with Crippen molar-refractivity contribution in [2.24, 2.45) is 5.73 Å². The van der Waals surface area contributed by atoms with Crippen LogP contribution < -0.4 is 5.73 Å². The highest BCUT2D eigenvalue weighted by Gasteiger charge is 2.04. The lowest BCUT2D eigenvalue weighted by Crippen LogP contribution is -2.35. The number of carbonyl (C=O) groups is 1. The fraction of sp³-hybridized carbons (Fsp3) is 0.333. The summed E-state index contributed by atoms with van der Waals surface area (Å²) in [5, 5.41) is 8.29. The predicted molar refractivity (Wildman–Crippen MR) is 31.1 cm³/mol. The van der Waals surface area contributed by atoms with Gasteiger partial charge in [0.15, 0.2) is 5.11 Å². The van der Waals surface area contributed by atoms with Crippen molar-refractivity contribution in [3.8, 4) is 0 Å². The van der Waals surface area contributed by atoms with Gasteiger partial charge in [-0.25, -0.2) is 0 Å². The molecule has 3 N–H and O–H groups in total. The molecule has 0 aromatic rings. The van der Waals surface area contributed by atoms with Crippen LogP contribution in [-0.4, -0.2) is 21.3 Å². The van der Waals surface area contributed by atoms with E-state index in [4.69, 9.17) is 10.9 Å². The average molecular weight is 134 g/mol. The van der Waals surface area contributed by atoms with Gasteiger partial charge in [-0.3, -0.25) is 10.0 Å². The maximum absolute atomic E-state index is 10.1. The number of hydrogen-bond acceptors (Lipinski definition) is 3. The van der Waals surface area contributed by atoms with E-state index in [-0.39, 0.29) is 10.2 Å². The van der Waals surface area contributed by atoms with E-state index in [1.54, 1.807) is 0 Å². The topological polar surface area (TPSA) is 66.6 Å². The molecular formula is C3H6N2O2S. The molecule has 0 radical (unpaired) electrons. The molecule has 0 bridgehead atoms. The Kier molecular flexibility index (Phi) is 2.36. The normalized spacial score (nSPS) is 8.25. The molecule has 46 valence electrons. The Balaban J connectivity index is 3.83. The molecule has 8 heavy (non-hydrogen) atoms. The third kappa shape index (κ3) is 1.85. The Labute approximate surface area is 51.8 Å². The van der Waals surface area contributed by atoms with E-state index in [9.17, 15) is 4.79 Å². The van der Waals surface area contributed by atoms with Crippen molar-refractivity contribution in [3.05, 3.63) is 0 Å². The molecule has 0 saturated heterocycles. The van der Waals surface area contributed by atoms with Crippen LogP contribution in [-0.2, 0) is 4.79 Å². The standard InChI is InChI=1S/C3H6N2O2S/c1-2(6)5(7)3(4)8/h7H,1H3,(H2,4,8). The fourth-order valence-electron chi connectivity index (χ4n) is 0.155. The van der Waals surface area contributed by atoms with Gasteiger partial charge in [-0.05, 0) is 12.2 Å². The number of thiocarbonyl (C=S) groups is 1. The van der Waals surface area contributed by atoms with Gasteiger partial charge < -0.3 is 5.73 Å².